The summed E-state index contributed by atoms with van der Waals surface area (Å²) in [6, 6.07) is 3.39. The lowest BCUT2D eigenvalue weighted by Crippen LogP contribution is -1.99. The van der Waals surface area contributed by atoms with Crippen molar-refractivity contribution in [3.8, 4) is 17.2 Å². The minimum absolute atomic E-state index is 0.142. The van der Waals surface area contributed by atoms with Gasteiger partial charge in [-0.05, 0) is 12.5 Å². The molecule has 2 heterocycles. The Hall–Kier alpha value is -2.28. The summed E-state index contributed by atoms with van der Waals surface area (Å²) in [5.41, 5.74) is 0.618. The van der Waals surface area contributed by atoms with Crippen LogP contribution in [-0.4, -0.2) is 22.0 Å². The van der Waals surface area contributed by atoms with Gasteiger partial charge in [0, 0.05) is 18.1 Å². The topological polar surface area (TPSA) is 86.8 Å². The van der Waals surface area contributed by atoms with Gasteiger partial charge < -0.3 is 23.8 Å². The number of fused-ring (bicyclic) bond motifs is 1. The molecule has 0 spiro atoms. The third-order valence-corrected chi connectivity index (χ3v) is 3.06. The number of hydrogen-bond donors (Lipinski definition) is 1. The molecule has 0 radical (unpaired) electrons. The third-order valence-electron chi connectivity index (χ3n) is 3.06. The molecule has 7 nitrogen and oxygen atoms in total. The van der Waals surface area contributed by atoms with Gasteiger partial charge in [0.25, 0.3) is 5.89 Å². The van der Waals surface area contributed by atoms with Crippen molar-refractivity contribution >= 4 is 0 Å². The molecule has 0 saturated carbocycles. The van der Waals surface area contributed by atoms with Gasteiger partial charge in [-0.2, -0.15) is 4.98 Å². The normalized spacial score (nSPS) is 12.7. The number of benzene rings is 1. The van der Waals surface area contributed by atoms with E-state index in [1.165, 1.54) is 0 Å². The Morgan fingerprint density at radius 2 is 2.10 bits per heavy atom. The van der Waals surface area contributed by atoms with Gasteiger partial charge in [-0.25, -0.2) is 0 Å². The summed E-state index contributed by atoms with van der Waals surface area (Å²) in [7, 11) is 0. The van der Waals surface area contributed by atoms with Crippen LogP contribution < -0.4 is 14.2 Å². The standard InChI is InChI=1S/C14H16N2O5/c1-2-3-13-15-14(21-16-13)7-18-10-5-12-11(19-8-20-12)4-9(10)6-17/h4-5,17H,2-3,6-8H2,1H3. The third kappa shape index (κ3) is 2.92. The molecule has 112 valence electrons. The van der Waals surface area contributed by atoms with E-state index in [0.29, 0.717) is 34.5 Å². The number of aromatic nitrogens is 2. The lowest BCUT2D eigenvalue weighted by Gasteiger charge is -2.09. The number of nitrogens with zero attached hydrogens (tertiary/aromatic N) is 2. The first-order chi connectivity index (χ1) is 10.3. The van der Waals surface area contributed by atoms with Gasteiger partial charge in [0.2, 0.25) is 6.79 Å². The fourth-order valence-electron chi connectivity index (χ4n) is 2.04. The molecule has 1 aliphatic heterocycles. The Bertz CT molecular complexity index is 626. The average molecular weight is 292 g/mol. The van der Waals surface area contributed by atoms with Gasteiger partial charge in [0.1, 0.15) is 5.75 Å². The summed E-state index contributed by atoms with van der Waals surface area (Å²) in [4.78, 5) is 4.22. The molecule has 0 aliphatic carbocycles. The molecule has 1 aromatic carbocycles. The predicted octanol–water partition coefficient (Wildman–Crippen LogP) is 1.82. The van der Waals surface area contributed by atoms with E-state index in [-0.39, 0.29) is 20.0 Å². The summed E-state index contributed by atoms with van der Waals surface area (Å²) in [6.45, 7) is 2.21. The second-order valence-corrected chi connectivity index (χ2v) is 4.61. The molecule has 1 N–H and O–H groups in total. The van der Waals surface area contributed by atoms with Gasteiger partial charge in [-0.15, -0.1) is 0 Å². The van der Waals surface area contributed by atoms with E-state index >= 15 is 0 Å². The van der Waals surface area contributed by atoms with E-state index in [2.05, 4.69) is 10.1 Å². The highest BCUT2D eigenvalue weighted by Crippen LogP contribution is 2.38. The number of hydrogen-bond acceptors (Lipinski definition) is 7. The Morgan fingerprint density at radius 3 is 2.86 bits per heavy atom. The SMILES string of the molecule is CCCc1noc(COc2cc3c(cc2CO)OCO3)n1. The van der Waals surface area contributed by atoms with Gasteiger partial charge in [0.15, 0.2) is 23.9 Å². The molecule has 0 amide bonds. The maximum atomic E-state index is 9.39. The highest BCUT2D eigenvalue weighted by Gasteiger charge is 2.18. The first kappa shape index (κ1) is 13.7. The monoisotopic (exact) mass is 292 g/mol. The number of aliphatic hydroxyl groups excluding tert-OH is 1. The zero-order chi connectivity index (χ0) is 14.7. The van der Waals surface area contributed by atoms with Crippen LogP contribution in [0.1, 0.15) is 30.6 Å². The second-order valence-electron chi connectivity index (χ2n) is 4.61. The Labute approximate surface area is 121 Å². The van der Waals surface area contributed by atoms with Crippen molar-refractivity contribution in [2.45, 2.75) is 33.0 Å². The van der Waals surface area contributed by atoms with E-state index in [9.17, 15) is 5.11 Å². The van der Waals surface area contributed by atoms with Crippen molar-refractivity contribution in [3.05, 3.63) is 29.4 Å². The highest BCUT2D eigenvalue weighted by molar-refractivity contribution is 5.51. The average Bonchev–Trinajstić information content (AvgIpc) is 3.12. The van der Waals surface area contributed by atoms with Crippen molar-refractivity contribution in [1.82, 2.24) is 10.1 Å². The van der Waals surface area contributed by atoms with Crippen LogP contribution in [0.25, 0.3) is 0 Å². The van der Waals surface area contributed by atoms with Crippen LogP contribution in [0.2, 0.25) is 0 Å². The van der Waals surface area contributed by atoms with Crippen molar-refractivity contribution in [3.63, 3.8) is 0 Å². The van der Waals surface area contributed by atoms with E-state index in [1.54, 1.807) is 12.1 Å². The molecule has 0 atom stereocenters. The highest BCUT2D eigenvalue weighted by atomic mass is 16.7. The quantitative estimate of drug-likeness (QED) is 0.868. The maximum Gasteiger partial charge on any atom is 0.264 e. The molecular formula is C14H16N2O5. The molecule has 0 bridgehead atoms. The lowest BCUT2D eigenvalue weighted by molar-refractivity contribution is 0.173. The van der Waals surface area contributed by atoms with Crippen molar-refractivity contribution in [1.29, 1.82) is 0 Å². The first-order valence-corrected chi connectivity index (χ1v) is 6.77. The number of ether oxygens (including phenoxy) is 3. The first-order valence-electron chi connectivity index (χ1n) is 6.77. The molecule has 1 aliphatic rings. The predicted molar refractivity (Wildman–Crippen MR) is 71.1 cm³/mol. The summed E-state index contributed by atoms with van der Waals surface area (Å²) in [6.07, 6.45) is 1.73. The molecule has 0 saturated heterocycles. The fourth-order valence-corrected chi connectivity index (χ4v) is 2.04. The van der Waals surface area contributed by atoms with Crippen LogP contribution in [0.3, 0.4) is 0 Å². The van der Waals surface area contributed by atoms with Crippen LogP contribution in [0.5, 0.6) is 17.2 Å². The van der Waals surface area contributed by atoms with Gasteiger partial charge in [0.05, 0.1) is 6.61 Å². The molecule has 1 aromatic heterocycles. The van der Waals surface area contributed by atoms with Crippen molar-refractivity contribution in [2.75, 3.05) is 6.79 Å². The molecule has 2 aromatic rings. The van der Waals surface area contributed by atoms with Gasteiger partial charge in [-0.3, -0.25) is 0 Å². The molecule has 3 rings (SSSR count). The lowest BCUT2D eigenvalue weighted by atomic mass is 10.2. The zero-order valence-electron chi connectivity index (χ0n) is 11.7. The Balaban J connectivity index is 1.72. The van der Waals surface area contributed by atoms with Crippen LogP contribution in [0.4, 0.5) is 0 Å². The Morgan fingerprint density at radius 1 is 1.29 bits per heavy atom. The molecule has 21 heavy (non-hydrogen) atoms. The largest absolute Gasteiger partial charge is 0.483 e. The number of aryl methyl sites for hydroxylation is 1. The fraction of sp³-hybridized carbons (Fsp3) is 0.429. The van der Waals surface area contributed by atoms with E-state index in [4.69, 9.17) is 18.7 Å². The van der Waals surface area contributed by atoms with Crippen LogP contribution in [0.15, 0.2) is 16.7 Å². The van der Waals surface area contributed by atoms with Crippen LogP contribution >= 0.6 is 0 Å². The van der Waals surface area contributed by atoms with E-state index in [1.807, 2.05) is 6.92 Å². The maximum absolute atomic E-state index is 9.39. The Kier molecular flexibility index (Phi) is 3.92. The molecule has 0 unspecified atom stereocenters. The van der Waals surface area contributed by atoms with Crippen LogP contribution in [-0.2, 0) is 19.6 Å². The zero-order valence-corrected chi connectivity index (χ0v) is 11.7. The van der Waals surface area contributed by atoms with Gasteiger partial charge in [-0.1, -0.05) is 12.1 Å². The summed E-state index contributed by atoms with van der Waals surface area (Å²) in [5.74, 6) is 2.79. The second kappa shape index (κ2) is 6.01. The molecule has 0 fully saturated rings. The minimum Gasteiger partial charge on any atom is -0.483 e. The van der Waals surface area contributed by atoms with Gasteiger partial charge >= 0.3 is 0 Å². The number of aliphatic hydroxyl groups is 1. The summed E-state index contributed by atoms with van der Waals surface area (Å²) < 4.78 is 21.3. The number of rotatable bonds is 6. The molecular weight excluding hydrogens is 276 g/mol. The van der Waals surface area contributed by atoms with E-state index in [0.717, 1.165) is 12.8 Å². The summed E-state index contributed by atoms with van der Waals surface area (Å²) in [5, 5.41) is 13.3. The van der Waals surface area contributed by atoms with Crippen molar-refractivity contribution < 1.29 is 23.8 Å². The molecule has 7 heteroatoms. The van der Waals surface area contributed by atoms with Crippen LogP contribution in [0, 0.1) is 0 Å². The summed E-state index contributed by atoms with van der Waals surface area (Å²) >= 11 is 0. The minimum atomic E-state index is -0.156. The van der Waals surface area contributed by atoms with E-state index < -0.39 is 0 Å². The smallest absolute Gasteiger partial charge is 0.264 e. The van der Waals surface area contributed by atoms with Crippen molar-refractivity contribution in [2.24, 2.45) is 0 Å².